The summed E-state index contributed by atoms with van der Waals surface area (Å²) in [6.45, 7) is 3.74. The normalized spacial score (nSPS) is 15.1. The largest absolute Gasteiger partial charge is 0.341 e. The van der Waals surface area contributed by atoms with Gasteiger partial charge in [0.1, 0.15) is 12.2 Å². The Labute approximate surface area is 189 Å². The highest BCUT2D eigenvalue weighted by Gasteiger charge is 2.24. The molecule has 1 aliphatic heterocycles. The summed E-state index contributed by atoms with van der Waals surface area (Å²) in [5, 5.41) is 0.573. The van der Waals surface area contributed by atoms with Gasteiger partial charge in [0.15, 0.2) is 3.95 Å². The zero-order valence-electron chi connectivity index (χ0n) is 17.3. The highest BCUT2D eigenvalue weighted by molar-refractivity contribution is 7.73. The number of fused-ring (bicyclic) bond motifs is 3. The number of para-hydroxylation sites is 1. The molecule has 0 spiro atoms. The average molecular weight is 450 g/mol. The number of nitrogens with zero attached hydrogens (tertiary/aromatic N) is 3. The smallest absolute Gasteiger partial charge is 0.262 e. The van der Waals surface area contributed by atoms with Gasteiger partial charge in [-0.2, -0.15) is 0 Å². The summed E-state index contributed by atoms with van der Waals surface area (Å²) in [6, 6.07) is 17.4. The van der Waals surface area contributed by atoms with E-state index in [0.29, 0.717) is 20.9 Å². The molecule has 0 unspecified atom stereocenters. The lowest BCUT2D eigenvalue weighted by atomic mass is 9.99. The van der Waals surface area contributed by atoms with E-state index >= 15 is 0 Å². The first-order valence-electron chi connectivity index (χ1n) is 10.5. The zero-order chi connectivity index (χ0) is 21.5. The molecule has 2 aromatic heterocycles. The maximum atomic E-state index is 13.6. The van der Waals surface area contributed by atoms with Gasteiger partial charge >= 0.3 is 0 Å². The van der Waals surface area contributed by atoms with E-state index in [4.69, 9.17) is 12.2 Å². The van der Waals surface area contributed by atoms with Gasteiger partial charge in [0, 0.05) is 13.1 Å². The van der Waals surface area contributed by atoms with Crippen molar-refractivity contribution >= 4 is 46.0 Å². The van der Waals surface area contributed by atoms with Crippen molar-refractivity contribution in [1.82, 2.24) is 13.9 Å². The number of benzene rings is 2. The minimum Gasteiger partial charge on any atom is -0.341 e. The quantitative estimate of drug-likeness (QED) is 0.415. The molecule has 2 aromatic carbocycles. The SMILES string of the molecule is CC1CCN(C(=O)Cn2c(=O)c3ccccc3n3c(=S)sc(-c4ccccc4)c23)CC1. The molecule has 1 amide bonds. The molecule has 31 heavy (non-hydrogen) atoms. The van der Waals surface area contributed by atoms with Gasteiger partial charge in [-0.1, -0.05) is 49.4 Å². The summed E-state index contributed by atoms with van der Waals surface area (Å²) >= 11 is 7.20. The van der Waals surface area contributed by atoms with Crippen molar-refractivity contribution in [3.8, 4) is 10.4 Å². The van der Waals surface area contributed by atoms with Gasteiger partial charge < -0.3 is 4.90 Å². The van der Waals surface area contributed by atoms with Gasteiger partial charge in [0.25, 0.3) is 5.56 Å². The predicted octanol–water partition coefficient (Wildman–Crippen LogP) is 4.97. The summed E-state index contributed by atoms with van der Waals surface area (Å²) in [4.78, 5) is 29.6. The number of hydrogen-bond donors (Lipinski definition) is 0. The van der Waals surface area contributed by atoms with Crippen LogP contribution >= 0.6 is 23.6 Å². The third-order valence-corrected chi connectivity index (χ3v) is 7.54. The lowest BCUT2D eigenvalue weighted by molar-refractivity contribution is -0.133. The summed E-state index contributed by atoms with van der Waals surface area (Å²) < 4.78 is 4.24. The monoisotopic (exact) mass is 449 g/mol. The first-order valence-corrected chi connectivity index (χ1v) is 11.8. The van der Waals surface area contributed by atoms with Crippen LogP contribution < -0.4 is 5.56 Å². The molecule has 158 valence electrons. The number of hydrogen-bond acceptors (Lipinski definition) is 4. The molecule has 0 aliphatic carbocycles. The van der Waals surface area contributed by atoms with Crippen LogP contribution in [0.15, 0.2) is 59.4 Å². The number of likely N-dealkylation sites (tertiary alicyclic amines) is 1. The number of piperidine rings is 1. The lowest BCUT2D eigenvalue weighted by Gasteiger charge is -2.30. The Morgan fingerprint density at radius 3 is 2.48 bits per heavy atom. The molecule has 1 aliphatic rings. The molecule has 5 rings (SSSR count). The van der Waals surface area contributed by atoms with Gasteiger partial charge in [0.05, 0.1) is 15.8 Å². The van der Waals surface area contributed by atoms with E-state index in [0.717, 1.165) is 41.9 Å². The second kappa shape index (κ2) is 8.05. The highest BCUT2D eigenvalue weighted by Crippen LogP contribution is 2.33. The molecular weight excluding hydrogens is 426 g/mol. The third kappa shape index (κ3) is 3.51. The average Bonchev–Trinajstić information content (AvgIpc) is 3.14. The number of amides is 1. The summed E-state index contributed by atoms with van der Waals surface area (Å²) in [5.41, 5.74) is 2.31. The Hall–Kier alpha value is -2.77. The third-order valence-electron chi connectivity index (χ3n) is 6.13. The van der Waals surface area contributed by atoms with Crippen molar-refractivity contribution in [2.24, 2.45) is 5.92 Å². The van der Waals surface area contributed by atoms with E-state index in [1.807, 2.05) is 63.9 Å². The molecular formula is C24H23N3O2S2. The zero-order valence-corrected chi connectivity index (χ0v) is 18.9. The van der Waals surface area contributed by atoms with E-state index in [1.54, 1.807) is 4.57 Å². The molecule has 0 radical (unpaired) electrons. The second-order valence-corrected chi connectivity index (χ2v) is 9.84. The topological polar surface area (TPSA) is 46.7 Å². The van der Waals surface area contributed by atoms with Crippen LogP contribution in [0.4, 0.5) is 0 Å². The number of thiazole rings is 1. The predicted molar refractivity (Wildman–Crippen MR) is 128 cm³/mol. The van der Waals surface area contributed by atoms with Gasteiger partial charge in [-0.05, 0) is 48.7 Å². The van der Waals surface area contributed by atoms with Gasteiger partial charge in [-0.25, -0.2) is 0 Å². The fourth-order valence-corrected chi connectivity index (χ4v) is 5.76. The maximum absolute atomic E-state index is 13.6. The fraction of sp³-hybridized carbons (Fsp3) is 0.292. The molecule has 5 nitrogen and oxygen atoms in total. The van der Waals surface area contributed by atoms with Crippen molar-refractivity contribution in [2.75, 3.05) is 13.1 Å². The Morgan fingerprint density at radius 1 is 1.06 bits per heavy atom. The molecule has 3 heterocycles. The summed E-state index contributed by atoms with van der Waals surface area (Å²) in [7, 11) is 0. The molecule has 1 saturated heterocycles. The number of carbonyl (C=O) groups excluding carboxylic acids is 1. The number of rotatable bonds is 3. The molecule has 0 atom stereocenters. The summed E-state index contributed by atoms with van der Waals surface area (Å²) in [5.74, 6) is 0.626. The summed E-state index contributed by atoms with van der Waals surface area (Å²) in [6.07, 6.45) is 2.01. The van der Waals surface area contributed by atoms with Crippen molar-refractivity contribution in [2.45, 2.75) is 26.3 Å². The molecule has 0 saturated carbocycles. The molecule has 7 heteroatoms. The van der Waals surface area contributed by atoms with E-state index in [9.17, 15) is 9.59 Å². The van der Waals surface area contributed by atoms with Crippen LogP contribution in [0.1, 0.15) is 19.8 Å². The van der Waals surface area contributed by atoms with Crippen molar-refractivity contribution in [3.63, 3.8) is 0 Å². The van der Waals surface area contributed by atoms with Crippen LogP contribution in [0.3, 0.4) is 0 Å². The Kier molecular flexibility index (Phi) is 5.24. The van der Waals surface area contributed by atoms with Crippen LogP contribution in [0, 0.1) is 9.87 Å². The number of aromatic nitrogens is 2. The van der Waals surface area contributed by atoms with Crippen molar-refractivity contribution < 1.29 is 4.79 Å². The van der Waals surface area contributed by atoms with Crippen LogP contribution in [0.5, 0.6) is 0 Å². The van der Waals surface area contributed by atoms with E-state index in [-0.39, 0.29) is 18.0 Å². The minimum atomic E-state index is -0.153. The Bertz CT molecular complexity index is 1390. The maximum Gasteiger partial charge on any atom is 0.262 e. The standard InChI is InChI=1S/C24H23N3O2S2/c1-16-11-13-25(14-12-16)20(28)15-26-22-21(17-7-3-2-4-8-17)31-24(30)27(22)19-10-6-5-9-18(19)23(26)29/h2-10,16H,11-15H2,1H3. The van der Waals surface area contributed by atoms with Crippen LogP contribution in [-0.4, -0.2) is 32.9 Å². The van der Waals surface area contributed by atoms with Crippen LogP contribution in [-0.2, 0) is 11.3 Å². The second-order valence-electron chi connectivity index (χ2n) is 8.19. The van der Waals surface area contributed by atoms with Gasteiger partial charge in [-0.3, -0.25) is 18.6 Å². The fourth-order valence-electron chi connectivity index (χ4n) is 4.33. The van der Waals surface area contributed by atoms with E-state index in [2.05, 4.69) is 6.92 Å². The molecule has 0 N–H and O–H groups in total. The highest BCUT2D eigenvalue weighted by atomic mass is 32.1. The first kappa shape index (κ1) is 20.2. The first-order chi connectivity index (χ1) is 15.0. The molecule has 0 bridgehead atoms. The van der Waals surface area contributed by atoms with Crippen molar-refractivity contribution in [1.29, 1.82) is 0 Å². The molecule has 1 fully saturated rings. The number of carbonyl (C=O) groups is 1. The minimum absolute atomic E-state index is 0.0117. The van der Waals surface area contributed by atoms with Gasteiger partial charge in [-0.15, -0.1) is 11.3 Å². The van der Waals surface area contributed by atoms with Crippen molar-refractivity contribution in [3.05, 3.63) is 68.9 Å². The molecule has 4 aromatic rings. The Balaban J connectivity index is 1.74. The van der Waals surface area contributed by atoms with Crippen LogP contribution in [0.25, 0.3) is 27.0 Å². The van der Waals surface area contributed by atoms with E-state index < -0.39 is 0 Å². The lowest BCUT2D eigenvalue weighted by Crippen LogP contribution is -2.41. The Morgan fingerprint density at radius 2 is 1.74 bits per heavy atom. The van der Waals surface area contributed by atoms with Crippen LogP contribution in [0.2, 0.25) is 0 Å². The van der Waals surface area contributed by atoms with Gasteiger partial charge in [0.2, 0.25) is 5.91 Å². The van der Waals surface area contributed by atoms with E-state index in [1.165, 1.54) is 11.3 Å².